The predicted molar refractivity (Wildman–Crippen MR) is 203 cm³/mol. The summed E-state index contributed by atoms with van der Waals surface area (Å²) in [6, 6.07) is 57.8. The van der Waals surface area contributed by atoms with Crippen LogP contribution in [0.15, 0.2) is 164 Å². The lowest BCUT2D eigenvalue weighted by atomic mass is 9.84. The van der Waals surface area contributed by atoms with Crippen molar-refractivity contribution in [3.05, 3.63) is 164 Å². The summed E-state index contributed by atoms with van der Waals surface area (Å²) in [4.78, 5) is 5.01. The molecule has 0 aliphatic rings. The molecule has 0 spiro atoms. The number of hydrogen-bond donors (Lipinski definition) is 0. The molecular formula is C45H27NS. The molecule has 0 radical (unpaired) electrons. The number of nitrogens with zero attached hydrogens (tertiary/aromatic N) is 1. The van der Waals surface area contributed by atoms with E-state index in [1.807, 2.05) is 17.5 Å². The molecule has 47 heavy (non-hydrogen) atoms. The van der Waals surface area contributed by atoms with E-state index in [9.17, 15) is 0 Å². The summed E-state index contributed by atoms with van der Waals surface area (Å²) in [7, 11) is 0. The Kier molecular flexibility index (Phi) is 5.81. The molecule has 0 unspecified atom stereocenters. The van der Waals surface area contributed by atoms with Gasteiger partial charge in [-0.1, -0.05) is 127 Å². The lowest BCUT2D eigenvalue weighted by molar-refractivity contribution is 1.37. The maximum atomic E-state index is 5.01. The van der Waals surface area contributed by atoms with Gasteiger partial charge in [-0.3, -0.25) is 4.98 Å². The molecule has 10 aromatic rings. The quantitative estimate of drug-likeness (QED) is 0.181. The summed E-state index contributed by atoms with van der Waals surface area (Å²) >= 11 is 1.81. The first kappa shape index (κ1) is 26.4. The van der Waals surface area contributed by atoms with Crippen LogP contribution in [0.4, 0.5) is 0 Å². The van der Waals surface area contributed by atoms with Crippen molar-refractivity contribution >= 4 is 74.6 Å². The molecule has 0 saturated carbocycles. The standard InChI is InChI=1S/C45H27NS/c1-3-11-30-23-33(19-17-28(30)9-1)44-36-14-5-6-15-37(36)45(34-20-18-29-10-2-4-12-31(29)24-34)40-25-32(21-22-38(40)44)41-26-39-35-13-7-8-16-42(35)47-43(39)27-46-41/h1-27H. The van der Waals surface area contributed by atoms with Crippen LogP contribution in [0.5, 0.6) is 0 Å². The molecule has 0 amide bonds. The fourth-order valence-electron chi connectivity index (χ4n) is 7.44. The molecule has 0 aliphatic heterocycles. The van der Waals surface area contributed by atoms with Crippen molar-refractivity contribution in [1.82, 2.24) is 4.98 Å². The van der Waals surface area contributed by atoms with Crippen LogP contribution in [-0.4, -0.2) is 4.98 Å². The second kappa shape index (κ2) is 10.3. The average Bonchev–Trinajstić information content (AvgIpc) is 3.51. The maximum Gasteiger partial charge on any atom is 0.0709 e. The van der Waals surface area contributed by atoms with Crippen molar-refractivity contribution < 1.29 is 0 Å². The van der Waals surface area contributed by atoms with Gasteiger partial charge in [-0.2, -0.15) is 0 Å². The highest BCUT2D eigenvalue weighted by atomic mass is 32.1. The van der Waals surface area contributed by atoms with Crippen molar-refractivity contribution in [1.29, 1.82) is 0 Å². The number of benzene rings is 8. The highest BCUT2D eigenvalue weighted by molar-refractivity contribution is 7.25. The lowest BCUT2D eigenvalue weighted by Gasteiger charge is -2.19. The van der Waals surface area contributed by atoms with Crippen molar-refractivity contribution in [3.63, 3.8) is 0 Å². The Bertz CT molecular complexity index is 2860. The van der Waals surface area contributed by atoms with Crippen molar-refractivity contribution in [2.24, 2.45) is 0 Å². The van der Waals surface area contributed by atoms with Gasteiger partial charge in [-0.05, 0) is 95.7 Å². The third-order valence-corrected chi connectivity index (χ3v) is 10.8. The van der Waals surface area contributed by atoms with E-state index in [0.29, 0.717) is 0 Å². The van der Waals surface area contributed by atoms with Crippen LogP contribution in [0.25, 0.3) is 96.8 Å². The van der Waals surface area contributed by atoms with Gasteiger partial charge < -0.3 is 0 Å². The fraction of sp³-hybridized carbons (Fsp3) is 0. The second-order valence-electron chi connectivity index (χ2n) is 12.3. The Morgan fingerprint density at radius 1 is 0.340 bits per heavy atom. The van der Waals surface area contributed by atoms with Gasteiger partial charge >= 0.3 is 0 Å². The van der Waals surface area contributed by atoms with E-state index >= 15 is 0 Å². The minimum absolute atomic E-state index is 0.993. The normalized spacial score (nSPS) is 11.8. The zero-order valence-corrected chi connectivity index (χ0v) is 26.3. The molecule has 218 valence electrons. The third-order valence-electron chi connectivity index (χ3n) is 9.66. The van der Waals surface area contributed by atoms with Crippen LogP contribution in [0.3, 0.4) is 0 Å². The zero-order valence-electron chi connectivity index (χ0n) is 25.4. The van der Waals surface area contributed by atoms with E-state index in [1.165, 1.54) is 85.5 Å². The van der Waals surface area contributed by atoms with E-state index in [0.717, 1.165) is 11.3 Å². The van der Waals surface area contributed by atoms with Gasteiger partial charge in [0.1, 0.15) is 0 Å². The summed E-state index contributed by atoms with van der Waals surface area (Å²) in [6.07, 6.45) is 2.05. The van der Waals surface area contributed by atoms with Crippen LogP contribution in [0.1, 0.15) is 0 Å². The molecule has 0 saturated heterocycles. The molecule has 10 rings (SSSR count). The zero-order chi connectivity index (χ0) is 30.9. The predicted octanol–water partition coefficient (Wildman–Crippen LogP) is 13.1. The van der Waals surface area contributed by atoms with Crippen LogP contribution in [-0.2, 0) is 0 Å². The Labute approximate surface area is 276 Å². The number of pyridine rings is 1. The molecule has 2 heteroatoms. The summed E-state index contributed by atoms with van der Waals surface area (Å²) < 4.78 is 2.52. The molecule has 2 heterocycles. The highest BCUT2D eigenvalue weighted by Gasteiger charge is 2.19. The smallest absolute Gasteiger partial charge is 0.0709 e. The van der Waals surface area contributed by atoms with Crippen LogP contribution >= 0.6 is 11.3 Å². The molecule has 0 N–H and O–H groups in total. The number of aromatic nitrogens is 1. The third kappa shape index (κ3) is 4.19. The van der Waals surface area contributed by atoms with Gasteiger partial charge in [0.25, 0.3) is 0 Å². The van der Waals surface area contributed by atoms with Crippen molar-refractivity contribution in [2.45, 2.75) is 0 Å². The molecular weight excluding hydrogens is 587 g/mol. The number of thiophene rings is 1. The van der Waals surface area contributed by atoms with E-state index in [4.69, 9.17) is 4.98 Å². The second-order valence-corrected chi connectivity index (χ2v) is 13.4. The SMILES string of the molecule is c1ccc2cc(-c3c4ccccc4c(-c4ccc5ccccc5c4)c4cc(-c5cc6c(cn5)sc5ccccc56)ccc34)ccc2c1. The number of fused-ring (bicyclic) bond motifs is 7. The Balaban J connectivity index is 1.30. The first-order chi connectivity index (χ1) is 23.3. The molecule has 1 nitrogen and oxygen atoms in total. The van der Waals surface area contributed by atoms with E-state index in [1.54, 1.807) is 0 Å². The first-order valence-electron chi connectivity index (χ1n) is 16.0. The van der Waals surface area contributed by atoms with Gasteiger partial charge in [-0.15, -0.1) is 11.3 Å². The average molecular weight is 614 g/mol. The van der Waals surface area contributed by atoms with Crippen molar-refractivity contribution in [3.8, 4) is 33.5 Å². The first-order valence-corrected chi connectivity index (χ1v) is 16.8. The van der Waals surface area contributed by atoms with Crippen molar-refractivity contribution in [2.75, 3.05) is 0 Å². The Morgan fingerprint density at radius 2 is 0.872 bits per heavy atom. The highest BCUT2D eigenvalue weighted by Crippen LogP contribution is 2.46. The van der Waals surface area contributed by atoms with Gasteiger partial charge in [0, 0.05) is 27.2 Å². The Hall–Kier alpha value is -5.83. The summed E-state index contributed by atoms with van der Waals surface area (Å²) in [6.45, 7) is 0. The monoisotopic (exact) mass is 613 g/mol. The number of hydrogen-bond acceptors (Lipinski definition) is 2. The van der Waals surface area contributed by atoms with Gasteiger partial charge in [-0.25, -0.2) is 0 Å². The van der Waals surface area contributed by atoms with Crippen LogP contribution in [0.2, 0.25) is 0 Å². The number of rotatable bonds is 3. The van der Waals surface area contributed by atoms with Gasteiger partial charge in [0.05, 0.1) is 10.4 Å². The lowest BCUT2D eigenvalue weighted by Crippen LogP contribution is -1.92. The summed E-state index contributed by atoms with van der Waals surface area (Å²) in [5.74, 6) is 0. The molecule has 0 bridgehead atoms. The van der Waals surface area contributed by atoms with E-state index in [2.05, 4.69) is 158 Å². The van der Waals surface area contributed by atoms with E-state index < -0.39 is 0 Å². The summed E-state index contributed by atoms with van der Waals surface area (Å²) in [5.41, 5.74) is 7.09. The minimum atomic E-state index is 0.993. The minimum Gasteiger partial charge on any atom is -0.255 e. The molecule has 0 atom stereocenters. The molecule has 2 aromatic heterocycles. The van der Waals surface area contributed by atoms with Crippen LogP contribution in [0, 0.1) is 0 Å². The van der Waals surface area contributed by atoms with Gasteiger partial charge in [0.15, 0.2) is 0 Å². The topological polar surface area (TPSA) is 12.9 Å². The van der Waals surface area contributed by atoms with Crippen LogP contribution < -0.4 is 0 Å². The summed E-state index contributed by atoms with van der Waals surface area (Å²) in [5, 5.41) is 12.5. The molecule has 8 aromatic carbocycles. The largest absolute Gasteiger partial charge is 0.255 e. The Morgan fingerprint density at radius 3 is 1.55 bits per heavy atom. The van der Waals surface area contributed by atoms with Gasteiger partial charge in [0.2, 0.25) is 0 Å². The molecule has 0 aliphatic carbocycles. The van der Waals surface area contributed by atoms with E-state index in [-0.39, 0.29) is 0 Å². The molecule has 0 fully saturated rings. The maximum absolute atomic E-state index is 5.01. The fourth-order valence-corrected chi connectivity index (χ4v) is 8.49.